The van der Waals surface area contributed by atoms with Gasteiger partial charge in [0.1, 0.15) is 0 Å². The van der Waals surface area contributed by atoms with Gasteiger partial charge in [-0.15, -0.1) is 6.58 Å². The van der Waals surface area contributed by atoms with E-state index in [1.807, 2.05) is 6.08 Å². The minimum Gasteiger partial charge on any atom is -0.103 e. The van der Waals surface area contributed by atoms with Crippen molar-refractivity contribution in [2.24, 2.45) is 5.92 Å². The molecule has 17 heavy (non-hydrogen) atoms. The predicted octanol–water partition coefficient (Wildman–Crippen LogP) is 5.41. The summed E-state index contributed by atoms with van der Waals surface area (Å²) in [5, 5.41) is 0. The van der Waals surface area contributed by atoms with Gasteiger partial charge in [-0.05, 0) is 58.3 Å². The van der Waals surface area contributed by atoms with Gasteiger partial charge in [-0.25, -0.2) is 0 Å². The molecule has 0 bridgehead atoms. The molecular formula is C17H25. The lowest BCUT2D eigenvalue weighted by Gasteiger charge is -2.10. The fraction of sp³-hybridized carbons (Fsp3) is 0.471. The van der Waals surface area contributed by atoms with E-state index in [0.29, 0.717) is 0 Å². The maximum atomic E-state index is 3.73. The molecule has 3 radical (unpaired) electrons. The molecular weight excluding hydrogens is 204 g/mol. The molecule has 0 spiro atoms. The second kappa shape index (κ2) is 11.4. The normalized spacial score (nSPS) is 19.6. The molecule has 0 N–H and O–H groups in total. The van der Waals surface area contributed by atoms with Crippen molar-refractivity contribution in [2.75, 3.05) is 0 Å². The first kappa shape index (κ1) is 16.0. The van der Waals surface area contributed by atoms with E-state index >= 15 is 0 Å². The number of rotatable bonds is 6. The van der Waals surface area contributed by atoms with Gasteiger partial charge in [0.15, 0.2) is 0 Å². The highest BCUT2D eigenvalue weighted by Gasteiger charge is 2.02. The van der Waals surface area contributed by atoms with Gasteiger partial charge in [-0.3, -0.25) is 0 Å². The van der Waals surface area contributed by atoms with E-state index in [4.69, 9.17) is 0 Å². The topological polar surface area (TPSA) is 0 Å². The molecule has 0 aliphatic heterocycles. The Balaban J connectivity index is 0.00000256. The Morgan fingerprint density at radius 2 is 2.00 bits per heavy atom. The van der Waals surface area contributed by atoms with Crippen LogP contribution in [-0.4, -0.2) is 0 Å². The van der Waals surface area contributed by atoms with Gasteiger partial charge in [0.25, 0.3) is 0 Å². The van der Waals surface area contributed by atoms with Crippen LogP contribution in [0, 0.1) is 13.3 Å². The first-order chi connectivity index (χ1) is 7.93. The number of unbranched alkanes of at least 4 members (excludes halogenated alkanes) is 2. The highest BCUT2D eigenvalue weighted by Crippen LogP contribution is 2.17. The van der Waals surface area contributed by atoms with Crippen LogP contribution < -0.4 is 0 Å². The van der Waals surface area contributed by atoms with E-state index in [0.717, 1.165) is 18.8 Å². The van der Waals surface area contributed by atoms with Crippen molar-refractivity contribution >= 4 is 0 Å². The van der Waals surface area contributed by atoms with Gasteiger partial charge in [-0.2, -0.15) is 0 Å². The largest absolute Gasteiger partial charge is 0.103 e. The van der Waals surface area contributed by atoms with Gasteiger partial charge < -0.3 is 0 Å². The third kappa shape index (κ3) is 8.74. The van der Waals surface area contributed by atoms with Crippen molar-refractivity contribution in [3.63, 3.8) is 0 Å². The van der Waals surface area contributed by atoms with Gasteiger partial charge in [0.2, 0.25) is 0 Å². The van der Waals surface area contributed by atoms with Crippen LogP contribution in [0.25, 0.3) is 0 Å². The van der Waals surface area contributed by atoms with E-state index in [2.05, 4.69) is 43.0 Å². The molecule has 0 aromatic heterocycles. The molecule has 0 aromatic carbocycles. The molecule has 0 saturated carbocycles. The molecule has 1 rings (SSSR count). The van der Waals surface area contributed by atoms with Crippen LogP contribution in [0.15, 0.2) is 49.1 Å². The average Bonchev–Trinajstić information content (AvgIpc) is 2.25. The molecule has 93 valence electrons. The predicted molar refractivity (Wildman–Crippen MR) is 77.7 cm³/mol. The monoisotopic (exact) mass is 229 g/mol. The zero-order valence-electron chi connectivity index (χ0n) is 10.9. The summed E-state index contributed by atoms with van der Waals surface area (Å²) in [5.41, 5.74) is 0. The Labute approximate surface area is 108 Å². The van der Waals surface area contributed by atoms with Crippen LogP contribution in [0.3, 0.4) is 0 Å². The van der Waals surface area contributed by atoms with Crippen LogP contribution in [-0.2, 0) is 0 Å². The van der Waals surface area contributed by atoms with Gasteiger partial charge >= 0.3 is 0 Å². The zero-order chi connectivity index (χ0) is 11.5. The Bertz CT molecular complexity index is 255. The summed E-state index contributed by atoms with van der Waals surface area (Å²) in [7, 11) is 0. The first-order valence-electron chi connectivity index (χ1n) is 6.51. The second-order valence-corrected chi connectivity index (χ2v) is 4.40. The highest BCUT2D eigenvalue weighted by molar-refractivity contribution is 5.01. The maximum Gasteiger partial charge on any atom is -0.0169 e. The smallest absolute Gasteiger partial charge is 0.0169 e. The van der Waals surface area contributed by atoms with E-state index in [1.54, 1.807) is 0 Å². The van der Waals surface area contributed by atoms with Crippen LogP contribution in [0.2, 0.25) is 0 Å². The summed E-state index contributed by atoms with van der Waals surface area (Å²) in [6, 6.07) is 0. The second-order valence-electron chi connectivity index (χ2n) is 4.40. The van der Waals surface area contributed by atoms with Gasteiger partial charge in [0, 0.05) is 0 Å². The summed E-state index contributed by atoms with van der Waals surface area (Å²) < 4.78 is 0. The van der Waals surface area contributed by atoms with E-state index < -0.39 is 0 Å². The third-order valence-electron chi connectivity index (χ3n) is 2.94. The van der Waals surface area contributed by atoms with Gasteiger partial charge in [0.05, 0.1) is 0 Å². The van der Waals surface area contributed by atoms with Crippen molar-refractivity contribution in [1.29, 1.82) is 0 Å². The lowest BCUT2D eigenvalue weighted by Crippen LogP contribution is -1.95. The number of hydrogen-bond donors (Lipinski definition) is 0. The van der Waals surface area contributed by atoms with Crippen LogP contribution in [0.5, 0.6) is 0 Å². The van der Waals surface area contributed by atoms with Crippen LogP contribution >= 0.6 is 0 Å². The highest BCUT2D eigenvalue weighted by atomic mass is 14.1. The maximum absolute atomic E-state index is 3.73. The average molecular weight is 229 g/mol. The summed E-state index contributed by atoms with van der Waals surface area (Å²) in [6.45, 7) is 3.73. The summed E-state index contributed by atoms with van der Waals surface area (Å²) in [4.78, 5) is 0. The summed E-state index contributed by atoms with van der Waals surface area (Å²) in [6.07, 6.45) is 24.4. The quantitative estimate of drug-likeness (QED) is 0.422. The molecule has 0 fully saturated rings. The lowest BCUT2D eigenvalue weighted by molar-refractivity contribution is 0.601. The van der Waals surface area contributed by atoms with Crippen molar-refractivity contribution in [2.45, 2.75) is 44.9 Å². The number of allylic oxidation sites excluding steroid dienone is 7. The van der Waals surface area contributed by atoms with E-state index in [1.165, 1.54) is 32.1 Å². The lowest BCUT2D eigenvalue weighted by atomic mass is 9.96. The molecule has 0 saturated heterocycles. The molecule has 1 unspecified atom stereocenters. The SMILES string of the molecule is C=CCCCC=CCC1C=CCC=CCC1.[CH]. The molecule has 1 aliphatic carbocycles. The fourth-order valence-corrected chi connectivity index (χ4v) is 1.94. The molecule has 0 heteroatoms. The molecule has 0 heterocycles. The fourth-order valence-electron chi connectivity index (χ4n) is 1.94. The molecule has 0 amide bonds. The molecule has 0 nitrogen and oxygen atoms in total. The van der Waals surface area contributed by atoms with Crippen molar-refractivity contribution in [1.82, 2.24) is 0 Å². The van der Waals surface area contributed by atoms with Crippen molar-refractivity contribution < 1.29 is 0 Å². The molecule has 1 atom stereocenters. The Morgan fingerprint density at radius 1 is 1.12 bits per heavy atom. The number of hydrogen-bond acceptors (Lipinski definition) is 0. The van der Waals surface area contributed by atoms with Crippen molar-refractivity contribution in [3.8, 4) is 0 Å². The van der Waals surface area contributed by atoms with Gasteiger partial charge in [-0.1, -0.05) is 42.5 Å². The zero-order valence-corrected chi connectivity index (χ0v) is 10.9. The summed E-state index contributed by atoms with van der Waals surface area (Å²) in [5.74, 6) is 0.751. The third-order valence-corrected chi connectivity index (χ3v) is 2.94. The van der Waals surface area contributed by atoms with Crippen molar-refractivity contribution in [3.05, 3.63) is 56.5 Å². The Morgan fingerprint density at radius 3 is 2.82 bits per heavy atom. The minimum absolute atomic E-state index is 0. The minimum atomic E-state index is 0. The standard InChI is InChI=1S/C16H24.CH/c1-2-3-4-5-7-10-13-16-14-11-8-6-9-12-15-16;/h2,6-8,10,12,15-16H,1,3-5,9,11,13-14H2;1H. The Kier molecular flexibility index (Phi) is 10.7. The van der Waals surface area contributed by atoms with E-state index in [-0.39, 0.29) is 7.43 Å². The first-order valence-corrected chi connectivity index (χ1v) is 6.51. The van der Waals surface area contributed by atoms with E-state index in [9.17, 15) is 0 Å². The molecule has 0 aromatic rings. The van der Waals surface area contributed by atoms with Crippen LogP contribution in [0.4, 0.5) is 0 Å². The van der Waals surface area contributed by atoms with Crippen LogP contribution in [0.1, 0.15) is 44.9 Å². The summed E-state index contributed by atoms with van der Waals surface area (Å²) >= 11 is 0. The Hall–Kier alpha value is -1.04. The molecule has 1 aliphatic rings.